The molecule has 1 aliphatic heterocycles. The lowest BCUT2D eigenvalue weighted by Crippen LogP contribution is -2.22. The topological polar surface area (TPSA) is 112 Å². The standard InChI is InChI=1S/C20H25N5O3S/c1-12-8-9-28-19-17(11-22-25(12)19)29(21,27)24-20(26)23-18-15-6-2-4-13(15)10-14-5-3-7-16(14)18/h10-12H,2-9H2,1H3,(H3,21,23,24,26,27)/t12-,29+/m0/s1. The van der Waals surface area contributed by atoms with Crippen LogP contribution in [0.15, 0.2) is 21.5 Å². The Labute approximate surface area is 170 Å². The number of amides is 2. The van der Waals surface area contributed by atoms with Gasteiger partial charge in [0.25, 0.3) is 0 Å². The van der Waals surface area contributed by atoms with Crippen molar-refractivity contribution in [2.75, 3.05) is 11.9 Å². The summed E-state index contributed by atoms with van der Waals surface area (Å²) in [7, 11) is -3.47. The normalized spacial score (nSPS) is 21.5. The maximum Gasteiger partial charge on any atom is 0.354 e. The molecule has 29 heavy (non-hydrogen) atoms. The Kier molecular flexibility index (Phi) is 4.40. The predicted molar refractivity (Wildman–Crippen MR) is 110 cm³/mol. The minimum absolute atomic E-state index is 0.117. The summed E-state index contributed by atoms with van der Waals surface area (Å²) in [5, 5.41) is 13.1. The van der Waals surface area contributed by atoms with Crippen LogP contribution in [-0.4, -0.2) is 26.6 Å². The number of nitrogens with one attached hydrogen (secondary N) is 1. The minimum atomic E-state index is -3.47. The van der Waals surface area contributed by atoms with Gasteiger partial charge < -0.3 is 10.1 Å². The Morgan fingerprint density at radius 1 is 1.28 bits per heavy atom. The van der Waals surface area contributed by atoms with E-state index in [-0.39, 0.29) is 10.9 Å². The number of aromatic nitrogens is 2. The second kappa shape index (κ2) is 6.84. The molecule has 5 rings (SSSR count). The molecular weight excluding hydrogens is 390 g/mol. The Balaban J connectivity index is 1.49. The number of hydrogen-bond donors (Lipinski definition) is 2. The lowest BCUT2D eigenvalue weighted by molar-refractivity contribution is 0.196. The van der Waals surface area contributed by atoms with Gasteiger partial charge >= 0.3 is 6.03 Å². The summed E-state index contributed by atoms with van der Waals surface area (Å²) >= 11 is 0. The number of aryl methyl sites for hydroxylation is 2. The van der Waals surface area contributed by atoms with Crippen LogP contribution >= 0.6 is 0 Å². The SMILES string of the molecule is C[C@H]1CCOc2c([S@](N)(=O)=NC(=O)Nc3c4c(cc5c3CCC5)CCC4)cnn21. The Hall–Kier alpha value is -2.39. The summed E-state index contributed by atoms with van der Waals surface area (Å²) in [5.41, 5.74) is 5.86. The number of carbonyl (C=O) groups excluding carboxylic acids is 1. The molecule has 3 aliphatic rings. The maximum atomic E-state index is 13.1. The number of fused-ring (bicyclic) bond motifs is 3. The fourth-order valence-corrected chi connectivity index (χ4v) is 5.70. The van der Waals surface area contributed by atoms with Crippen LogP contribution in [0.3, 0.4) is 0 Å². The summed E-state index contributed by atoms with van der Waals surface area (Å²) in [6, 6.07) is 1.73. The van der Waals surface area contributed by atoms with Crippen molar-refractivity contribution in [2.24, 2.45) is 9.50 Å². The Morgan fingerprint density at radius 2 is 1.97 bits per heavy atom. The third-order valence-electron chi connectivity index (χ3n) is 6.15. The molecule has 8 nitrogen and oxygen atoms in total. The van der Waals surface area contributed by atoms with E-state index in [9.17, 15) is 9.00 Å². The molecule has 0 radical (unpaired) electrons. The number of nitrogens with zero attached hydrogens (tertiary/aromatic N) is 3. The molecule has 0 saturated heterocycles. The molecule has 2 atom stereocenters. The van der Waals surface area contributed by atoms with Gasteiger partial charge in [-0.1, -0.05) is 6.07 Å². The van der Waals surface area contributed by atoms with Crippen molar-refractivity contribution in [1.29, 1.82) is 0 Å². The average Bonchev–Trinajstić information content (AvgIpc) is 3.40. The highest BCUT2D eigenvalue weighted by Crippen LogP contribution is 2.39. The summed E-state index contributed by atoms with van der Waals surface area (Å²) < 4.78 is 24.2. The largest absolute Gasteiger partial charge is 0.477 e. The first-order chi connectivity index (χ1) is 13.9. The number of hydrogen-bond acceptors (Lipinski definition) is 4. The van der Waals surface area contributed by atoms with Gasteiger partial charge in [0, 0.05) is 12.1 Å². The minimum Gasteiger partial charge on any atom is -0.477 e. The van der Waals surface area contributed by atoms with Gasteiger partial charge in [-0.3, -0.25) is 0 Å². The van der Waals surface area contributed by atoms with Crippen LogP contribution in [0.5, 0.6) is 5.88 Å². The number of ether oxygens (including phenoxy) is 1. The second-order valence-corrected chi connectivity index (χ2v) is 9.83. The Morgan fingerprint density at radius 3 is 2.66 bits per heavy atom. The fraction of sp³-hybridized carbons (Fsp3) is 0.500. The zero-order valence-corrected chi connectivity index (χ0v) is 17.3. The summed E-state index contributed by atoms with van der Waals surface area (Å²) in [5.74, 6) is 0.342. The molecule has 2 amide bonds. The quantitative estimate of drug-likeness (QED) is 0.785. The molecule has 2 aromatic rings. The van der Waals surface area contributed by atoms with E-state index in [1.807, 2.05) is 6.92 Å². The first-order valence-corrected chi connectivity index (χ1v) is 11.7. The molecule has 3 N–H and O–H groups in total. The molecule has 0 fully saturated rings. The fourth-order valence-electron chi connectivity index (χ4n) is 4.70. The Bertz CT molecular complexity index is 1100. The second-order valence-electron chi connectivity index (χ2n) is 8.07. The van der Waals surface area contributed by atoms with Crippen molar-refractivity contribution < 1.29 is 13.7 Å². The highest BCUT2D eigenvalue weighted by molar-refractivity contribution is 7.91. The number of rotatable bonds is 2. The van der Waals surface area contributed by atoms with Gasteiger partial charge in [-0.15, -0.1) is 4.36 Å². The van der Waals surface area contributed by atoms with E-state index < -0.39 is 15.9 Å². The highest BCUT2D eigenvalue weighted by Gasteiger charge is 2.28. The van der Waals surface area contributed by atoms with Gasteiger partial charge in [0.1, 0.15) is 4.90 Å². The number of nitrogens with two attached hydrogens (primary N) is 1. The number of carbonyl (C=O) groups is 1. The molecule has 1 aromatic heterocycles. The number of benzene rings is 1. The van der Waals surface area contributed by atoms with Crippen LogP contribution in [0.25, 0.3) is 0 Å². The average molecular weight is 416 g/mol. The van der Waals surface area contributed by atoms with Gasteiger partial charge in [0.15, 0.2) is 9.92 Å². The molecule has 2 heterocycles. The number of urea groups is 1. The number of anilines is 1. The first-order valence-electron chi connectivity index (χ1n) is 10.2. The van der Waals surface area contributed by atoms with Crippen molar-refractivity contribution in [3.63, 3.8) is 0 Å². The van der Waals surface area contributed by atoms with Crippen LogP contribution in [0.1, 0.15) is 54.5 Å². The lowest BCUT2D eigenvalue weighted by atomic mass is 9.99. The van der Waals surface area contributed by atoms with E-state index in [4.69, 9.17) is 9.88 Å². The monoisotopic (exact) mass is 415 g/mol. The molecule has 0 unspecified atom stereocenters. The summed E-state index contributed by atoms with van der Waals surface area (Å²) in [6.45, 7) is 2.49. The van der Waals surface area contributed by atoms with E-state index in [2.05, 4.69) is 20.8 Å². The lowest BCUT2D eigenvalue weighted by Gasteiger charge is -2.22. The van der Waals surface area contributed by atoms with Gasteiger partial charge in [0.05, 0.1) is 18.8 Å². The summed E-state index contributed by atoms with van der Waals surface area (Å²) in [6.07, 6.45) is 8.34. The molecule has 0 spiro atoms. The molecule has 9 heteroatoms. The van der Waals surface area contributed by atoms with Crippen molar-refractivity contribution in [1.82, 2.24) is 9.78 Å². The third-order valence-corrected chi connectivity index (χ3v) is 7.50. The van der Waals surface area contributed by atoms with Crippen LogP contribution in [-0.2, 0) is 35.6 Å². The van der Waals surface area contributed by atoms with E-state index in [0.29, 0.717) is 12.5 Å². The first kappa shape index (κ1) is 18.6. The van der Waals surface area contributed by atoms with Crippen molar-refractivity contribution in [3.8, 4) is 5.88 Å². The van der Waals surface area contributed by atoms with Crippen LogP contribution in [0, 0.1) is 0 Å². The molecule has 2 aliphatic carbocycles. The van der Waals surface area contributed by atoms with E-state index in [0.717, 1.165) is 50.6 Å². The zero-order valence-electron chi connectivity index (χ0n) is 16.4. The zero-order chi connectivity index (χ0) is 20.2. The maximum absolute atomic E-state index is 13.1. The van der Waals surface area contributed by atoms with Crippen molar-refractivity contribution in [2.45, 2.75) is 62.8 Å². The van der Waals surface area contributed by atoms with Gasteiger partial charge in [-0.05, 0) is 67.7 Å². The predicted octanol–water partition coefficient (Wildman–Crippen LogP) is 3.14. The molecule has 1 aromatic carbocycles. The van der Waals surface area contributed by atoms with Gasteiger partial charge in [-0.25, -0.2) is 18.8 Å². The van der Waals surface area contributed by atoms with E-state index in [1.165, 1.54) is 28.5 Å². The van der Waals surface area contributed by atoms with E-state index >= 15 is 0 Å². The molecular formula is C20H25N5O3S. The third kappa shape index (κ3) is 3.12. The van der Waals surface area contributed by atoms with Crippen molar-refractivity contribution in [3.05, 3.63) is 34.5 Å². The summed E-state index contributed by atoms with van der Waals surface area (Å²) in [4.78, 5) is 12.9. The van der Waals surface area contributed by atoms with E-state index in [1.54, 1.807) is 4.68 Å². The van der Waals surface area contributed by atoms with Crippen LogP contribution < -0.4 is 15.2 Å². The van der Waals surface area contributed by atoms with Crippen molar-refractivity contribution >= 4 is 21.6 Å². The smallest absolute Gasteiger partial charge is 0.354 e. The van der Waals surface area contributed by atoms with Crippen LogP contribution in [0.2, 0.25) is 0 Å². The molecule has 0 saturated carbocycles. The molecule has 0 bridgehead atoms. The van der Waals surface area contributed by atoms with Gasteiger partial charge in [-0.2, -0.15) is 5.10 Å². The highest BCUT2D eigenvalue weighted by atomic mass is 32.2. The van der Waals surface area contributed by atoms with Gasteiger partial charge in [0.2, 0.25) is 5.88 Å². The van der Waals surface area contributed by atoms with Crippen LogP contribution in [0.4, 0.5) is 10.5 Å². The molecule has 154 valence electrons.